The van der Waals surface area contributed by atoms with Gasteiger partial charge in [-0.05, 0) is 50.6 Å². The number of aryl methyl sites for hydroxylation is 1. The lowest BCUT2D eigenvalue weighted by Crippen LogP contribution is -2.30. The van der Waals surface area contributed by atoms with Crippen LogP contribution in [0.2, 0.25) is 0 Å². The summed E-state index contributed by atoms with van der Waals surface area (Å²) in [6.07, 6.45) is 1.88. The van der Waals surface area contributed by atoms with Crippen LogP contribution in [0.3, 0.4) is 0 Å². The second-order valence-electron chi connectivity index (χ2n) is 6.31. The minimum Gasteiger partial charge on any atom is -0.350 e. The van der Waals surface area contributed by atoms with Crippen molar-refractivity contribution in [3.05, 3.63) is 64.1 Å². The highest BCUT2D eigenvalue weighted by Gasteiger charge is 2.22. The van der Waals surface area contributed by atoms with E-state index in [1.165, 1.54) is 17.3 Å². The Balaban J connectivity index is 1.84. The predicted molar refractivity (Wildman–Crippen MR) is 103 cm³/mol. The van der Waals surface area contributed by atoms with E-state index in [2.05, 4.69) is 10.6 Å². The van der Waals surface area contributed by atoms with E-state index in [0.717, 1.165) is 10.5 Å². The Kier molecular flexibility index (Phi) is 4.95. The summed E-state index contributed by atoms with van der Waals surface area (Å²) in [5.74, 6) is -0.294. The predicted octanol–water partition coefficient (Wildman–Crippen LogP) is 4.22. The van der Waals surface area contributed by atoms with Crippen LogP contribution in [0.15, 0.2) is 52.3 Å². The molecule has 2 aromatic rings. The first kappa shape index (κ1) is 17.3. The molecule has 1 aliphatic rings. The Hall–Kier alpha value is -2.53. The molecule has 4 nitrogen and oxygen atoms in total. The molecule has 0 unspecified atom stereocenters. The largest absolute Gasteiger partial charge is 0.350 e. The SMILES string of the molecule is Cc1ccc(/C=C2/Sc3ccc(C(=O)NC(C)C)cc3NC2=O)cc1. The number of anilines is 1. The molecule has 0 aliphatic carbocycles. The van der Waals surface area contributed by atoms with Crippen LogP contribution in [0.4, 0.5) is 5.69 Å². The first-order valence-corrected chi connectivity index (χ1v) is 8.96. The second-order valence-corrected chi connectivity index (χ2v) is 7.40. The monoisotopic (exact) mass is 352 g/mol. The summed E-state index contributed by atoms with van der Waals surface area (Å²) < 4.78 is 0. The van der Waals surface area contributed by atoms with E-state index in [-0.39, 0.29) is 17.9 Å². The maximum absolute atomic E-state index is 12.4. The van der Waals surface area contributed by atoms with Gasteiger partial charge < -0.3 is 10.6 Å². The fourth-order valence-corrected chi connectivity index (χ4v) is 3.39. The van der Waals surface area contributed by atoms with Gasteiger partial charge in [0.25, 0.3) is 11.8 Å². The first-order valence-electron chi connectivity index (χ1n) is 8.15. The summed E-state index contributed by atoms with van der Waals surface area (Å²) in [7, 11) is 0. The van der Waals surface area contributed by atoms with Gasteiger partial charge in [0.2, 0.25) is 0 Å². The zero-order chi connectivity index (χ0) is 18.0. The fraction of sp³-hybridized carbons (Fsp3) is 0.200. The number of hydrogen-bond donors (Lipinski definition) is 2. The Bertz CT molecular complexity index is 854. The second kappa shape index (κ2) is 7.15. The highest BCUT2D eigenvalue weighted by Crippen LogP contribution is 2.39. The molecule has 0 spiro atoms. The molecule has 0 saturated heterocycles. The summed E-state index contributed by atoms with van der Waals surface area (Å²) >= 11 is 1.42. The number of hydrogen-bond acceptors (Lipinski definition) is 3. The Labute approximate surface area is 151 Å². The van der Waals surface area contributed by atoms with Crippen LogP contribution in [0.1, 0.15) is 35.3 Å². The van der Waals surface area contributed by atoms with Gasteiger partial charge in [0.1, 0.15) is 0 Å². The maximum atomic E-state index is 12.4. The number of thioether (sulfide) groups is 1. The van der Waals surface area contributed by atoms with Gasteiger partial charge in [-0.25, -0.2) is 0 Å². The molecule has 0 saturated carbocycles. The number of benzene rings is 2. The third-order valence-corrected chi connectivity index (χ3v) is 4.83. The van der Waals surface area contributed by atoms with Crippen LogP contribution in [0.25, 0.3) is 6.08 Å². The smallest absolute Gasteiger partial charge is 0.262 e. The van der Waals surface area contributed by atoms with Crippen molar-refractivity contribution in [1.29, 1.82) is 0 Å². The lowest BCUT2D eigenvalue weighted by atomic mass is 10.1. The molecule has 1 heterocycles. The molecule has 0 fully saturated rings. The summed E-state index contributed by atoms with van der Waals surface area (Å²) in [5.41, 5.74) is 3.38. The van der Waals surface area contributed by atoms with Crippen LogP contribution in [0.5, 0.6) is 0 Å². The van der Waals surface area contributed by atoms with E-state index in [4.69, 9.17) is 0 Å². The quantitative estimate of drug-likeness (QED) is 0.813. The number of carbonyl (C=O) groups is 2. The molecule has 2 aromatic carbocycles. The minimum atomic E-state index is -0.153. The molecule has 0 atom stereocenters. The molecule has 128 valence electrons. The van der Waals surface area contributed by atoms with Gasteiger partial charge in [-0.15, -0.1) is 0 Å². The third kappa shape index (κ3) is 4.12. The van der Waals surface area contributed by atoms with E-state index < -0.39 is 0 Å². The molecule has 5 heteroatoms. The van der Waals surface area contributed by atoms with Crippen molar-refractivity contribution in [2.45, 2.75) is 31.7 Å². The van der Waals surface area contributed by atoms with Gasteiger partial charge in [-0.1, -0.05) is 41.6 Å². The van der Waals surface area contributed by atoms with Gasteiger partial charge in [-0.2, -0.15) is 0 Å². The topological polar surface area (TPSA) is 58.2 Å². The van der Waals surface area contributed by atoms with Gasteiger partial charge in [-0.3, -0.25) is 9.59 Å². The molecule has 3 rings (SSSR count). The van der Waals surface area contributed by atoms with Gasteiger partial charge in [0.05, 0.1) is 10.6 Å². The lowest BCUT2D eigenvalue weighted by molar-refractivity contribution is -0.112. The lowest BCUT2D eigenvalue weighted by Gasteiger charge is -2.19. The number of rotatable bonds is 3. The van der Waals surface area contributed by atoms with E-state index >= 15 is 0 Å². The Morgan fingerprint density at radius 3 is 2.56 bits per heavy atom. The van der Waals surface area contributed by atoms with Crippen molar-refractivity contribution < 1.29 is 9.59 Å². The summed E-state index contributed by atoms with van der Waals surface area (Å²) in [6, 6.07) is 13.5. The van der Waals surface area contributed by atoms with Crippen LogP contribution >= 0.6 is 11.8 Å². The molecule has 1 aliphatic heterocycles. The molecule has 0 aromatic heterocycles. The minimum absolute atomic E-state index is 0.0662. The standard InChI is InChI=1S/C20H20N2O2S/c1-12(2)21-19(23)15-8-9-17-16(11-15)22-20(24)18(25-17)10-14-6-4-13(3)5-7-14/h4-12H,1-3H3,(H,21,23)(H,22,24)/b18-10+. The van der Waals surface area contributed by atoms with Crippen LogP contribution in [0, 0.1) is 6.92 Å². The molecule has 2 N–H and O–H groups in total. The highest BCUT2D eigenvalue weighted by molar-refractivity contribution is 8.04. The van der Waals surface area contributed by atoms with Crippen molar-refractivity contribution in [3.63, 3.8) is 0 Å². The first-order chi connectivity index (χ1) is 11.9. The van der Waals surface area contributed by atoms with Gasteiger partial charge in [0, 0.05) is 16.5 Å². The molecular weight excluding hydrogens is 332 g/mol. The van der Waals surface area contributed by atoms with E-state index in [0.29, 0.717) is 16.2 Å². The van der Waals surface area contributed by atoms with Crippen molar-refractivity contribution >= 4 is 35.3 Å². The van der Waals surface area contributed by atoms with Gasteiger partial charge in [0.15, 0.2) is 0 Å². The summed E-state index contributed by atoms with van der Waals surface area (Å²) in [5, 5.41) is 5.74. The average molecular weight is 352 g/mol. The van der Waals surface area contributed by atoms with Crippen LogP contribution in [-0.4, -0.2) is 17.9 Å². The van der Waals surface area contributed by atoms with Gasteiger partial charge >= 0.3 is 0 Å². The molecule has 0 bridgehead atoms. The number of nitrogens with one attached hydrogen (secondary N) is 2. The summed E-state index contributed by atoms with van der Waals surface area (Å²) in [6.45, 7) is 5.86. The van der Waals surface area contributed by atoms with E-state index in [9.17, 15) is 9.59 Å². The Morgan fingerprint density at radius 2 is 1.88 bits per heavy atom. The Morgan fingerprint density at radius 1 is 1.16 bits per heavy atom. The number of carbonyl (C=O) groups excluding carboxylic acids is 2. The van der Waals surface area contributed by atoms with Crippen molar-refractivity contribution in [2.24, 2.45) is 0 Å². The van der Waals surface area contributed by atoms with E-state index in [1.807, 2.05) is 57.2 Å². The zero-order valence-corrected chi connectivity index (χ0v) is 15.2. The number of amides is 2. The van der Waals surface area contributed by atoms with Crippen LogP contribution in [-0.2, 0) is 4.79 Å². The maximum Gasteiger partial charge on any atom is 0.262 e. The van der Waals surface area contributed by atoms with Crippen molar-refractivity contribution in [1.82, 2.24) is 5.32 Å². The normalized spacial score (nSPS) is 15.0. The third-order valence-electron chi connectivity index (χ3n) is 3.73. The molecule has 2 amide bonds. The van der Waals surface area contributed by atoms with Crippen LogP contribution < -0.4 is 10.6 Å². The molecule has 25 heavy (non-hydrogen) atoms. The molecule has 0 radical (unpaired) electrons. The summed E-state index contributed by atoms with van der Waals surface area (Å²) in [4.78, 5) is 26.1. The van der Waals surface area contributed by atoms with Crippen molar-refractivity contribution in [2.75, 3.05) is 5.32 Å². The fourth-order valence-electron chi connectivity index (χ4n) is 2.46. The highest BCUT2D eigenvalue weighted by atomic mass is 32.2. The molecular formula is C20H20N2O2S. The van der Waals surface area contributed by atoms with Crippen molar-refractivity contribution in [3.8, 4) is 0 Å². The van der Waals surface area contributed by atoms with E-state index in [1.54, 1.807) is 12.1 Å². The zero-order valence-electron chi connectivity index (χ0n) is 14.4. The average Bonchev–Trinajstić information content (AvgIpc) is 2.56. The number of fused-ring (bicyclic) bond motifs is 1.